The van der Waals surface area contributed by atoms with Crippen LogP contribution in [0.25, 0.3) is 0 Å². The monoisotopic (exact) mass is 392 g/mol. The number of hydrogen-bond donors (Lipinski definition) is 0. The molecule has 2 aromatic carbocycles. The minimum absolute atomic E-state index is 0.0619. The van der Waals surface area contributed by atoms with E-state index in [4.69, 9.17) is 35.3 Å². The second kappa shape index (κ2) is 8.86. The molecule has 0 aliphatic carbocycles. The molecule has 27 heavy (non-hydrogen) atoms. The molecule has 1 aliphatic heterocycles. The Labute approximate surface area is 162 Å². The van der Waals surface area contributed by atoms with E-state index in [1.165, 1.54) is 0 Å². The Balaban J connectivity index is 1.70. The van der Waals surface area contributed by atoms with Gasteiger partial charge in [-0.2, -0.15) is 0 Å². The van der Waals surface area contributed by atoms with Crippen molar-refractivity contribution in [2.24, 2.45) is 0 Å². The standard InChI is InChI=1S/C20H21ClO6/c1-3-23-16-6-5-14(11-17(16)24-4-2)20(22)27-12-13-9-15(21)19-18(10-13)25-7-8-26-19/h5-6,9-11H,3-4,7-8,12H2,1-2H3. The molecule has 0 unspecified atom stereocenters. The SMILES string of the molecule is CCOc1ccc(C(=O)OCc2cc(Cl)c3c(c2)OCCO3)cc1OCC. The van der Waals surface area contributed by atoms with Crippen molar-refractivity contribution in [1.29, 1.82) is 0 Å². The average molecular weight is 393 g/mol. The van der Waals surface area contributed by atoms with E-state index >= 15 is 0 Å². The minimum Gasteiger partial charge on any atom is -0.490 e. The van der Waals surface area contributed by atoms with Gasteiger partial charge >= 0.3 is 5.97 Å². The number of carbonyl (C=O) groups is 1. The van der Waals surface area contributed by atoms with Gasteiger partial charge in [0.2, 0.25) is 0 Å². The van der Waals surface area contributed by atoms with Crippen molar-refractivity contribution in [2.45, 2.75) is 20.5 Å². The van der Waals surface area contributed by atoms with Crippen LogP contribution in [0.1, 0.15) is 29.8 Å². The smallest absolute Gasteiger partial charge is 0.338 e. The number of benzene rings is 2. The number of hydrogen-bond acceptors (Lipinski definition) is 6. The van der Waals surface area contributed by atoms with Crippen LogP contribution in [0.3, 0.4) is 0 Å². The predicted octanol–water partition coefficient (Wildman–Crippen LogP) is 4.27. The molecule has 0 aromatic heterocycles. The third kappa shape index (κ3) is 4.57. The first-order valence-corrected chi connectivity index (χ1v) is 9.15. The van der Waals surface area contributed by atoms with Gasteiger partial charge in [-0.3, -0.25) is 0 Å². The first-order valence-electron chi connectivity index (χ1n) is 8.77. The van der Waals surface area contributed by atoms with Gasteiger partial charge in [0, 0.05) is 0 Å². The van der Waals surface area contributed by atoms with Gasteiger partial charge in [0.25, 0.3) is 0 Å². The second-order valence-electron chi connectivity index (χ2n) is 5.71. The molecule has 7 heteroatoms. The van der Waals surface area contributed by atoms with E-state index in [-0.39, 0.29) is 6.61 Å². The van der Waals surface area contributed by atoms with E-state index in [0.717, 1.165) is 0 Å². The van der Waals surface area contributed by atoms with Crippen molar-refractivity contribution in [2.75, 3.05) is 26.4 Å². The summed E-state index contributed by atoms with van der Waals surface area (Å²) in [5.74, 6) is 1.71. The fourth-order valence-corrected chi connectivity index (χ4v) is 2.95. The van der Waals surface area contributed by atoms with Crippen molar-refractivity contribution in [3.63, 3.8) is 0 Å². The van der Waals surface area contributed by atoms with Crippen LogP contribution in [0, 0.1) is 0 Å². The van der Waals surface area contributed by atoms with E-state index in [0.29, 0.717) is 65.6 Å². The number of carbonyl (C=O) groups excluding carboxylic acids is 1. The highest BCUT2D eigenvalue weighted by Gasteiger charge is 2.18. The zero-order chi connectivity index (χ0) is 19.2. The predicted molar refractivity (Wildman–Crippen MR) is 100 cm³/mol. The maximum Gasteiger partial charge on any atom is 0.338 e. The van der Waals surface area contributed by atoms with Crippen molar-refractivity contribution >= 4 is 17.6 Å². The van der Waals surface area contributed by atoms with E-state index in [1.807, 2.05) is 13.8 Å². The second-order valence-corrected chi connectivity index (χ2v) is 6.11. The molecule has 0 amide bonds. The normalized spacial score (nSPS) is 12.4. The molecule has 0 saturated carbocycles. The first kappa shape index (κ1) is 19.2. The topological polar surface area (TPSA) is 63.2 Å². The minimum atomic E-state index is -0.468. The summed E-state index contributed by atoms with van der Waals surface area (Å²) in [4.78, 5) is 12.4. The van der Waals surface area contributed by atoms with E-state index in [2.05, 4.69) is 0 Å². The van der Waals surface area contributed by atoms with Crippen LogP contribution in [-0.4, -0.2) is 32.4 Å². The number of rotatable bonds is 7. The molecular weight excluding hydrogens is 372 g/mol. The summed E-state index contributed by atoms with van der Waals surface area (Å²) in [6.45, 7) is 5.71. The van der Waals surface area contributed by atoms with Crippen molar-refractivity contribution < 1.29 is 28.5 Å². The van der Waals surface area contributed by atoms with Crippen molar-refractivity contribution in [1.82, 2.24) is 0 Å². The zero-order valence-corrected chi connectivity index (χ0v) is 16.0. The highest BCUT2D eigenvalue weighted by molar-refractivity contribution is 6.32. The van der Waals surface area contributed by atoms with E-state index in [9.17, 15) is 4.79 Å². The van der Waals surface area contributed by atoms with Crippen molar-refractivity contribution in [3.8, 4) is 23.0 Å². The van der Waals surface area contributed by atoms with Crippen molar-refractivity contribution in [3.05, 3.63) is 46.5 Å². The van der Waals surface area contributed by atoms with Gasteiger partial charge in [0.15, 0.2) is 23.0 Å². The number of ether oxygens (including phenoxy) is 5. The fourth-order valence-electron chi connectivity index (χ4n) is 2.66. The Hall–Kier alpha value is -2.60. The third-order valence-corrected chi connectivity index (χ3v) is 4.09. The van der Waals surface area contributed by atoms with Crippen LogP contribution in [-0.2, 0) is 11.3 Å². The molecule has 0 saturated heterocycles. The lowest BCUT2D eigenvalue weighted by Gasteiger charge is -2.20. The first-order chi connectivity index (χ1) is 13.1. The lowest BCUT2D eigenvalue weighted by atomic mass is 10.2. The maximum atomic E-state index is 12.4. The molecule has 0 spiro atoms. The molecule has 2 aromatic rings. The zero-order valence-electron chi connectivity index (χ0n) is 15.2. The van der Waals surface area contributed by atoms with Crippen LogP contribution in [0.2, 0.25) is 5.02 Å². The Bertz CT molecular complexity index is 820. The molecule has 1 aliphatic rings. The number of esters is 1. The van der Waals surface area contributed by atoms with Crippen LogP contribution >= 0.6 is 11.6 Å². The summed E-state index contributed by atoms with van der Waals surface area (Å²) < 4.78 is 27.5. The van der Waals surface area contributed by atoms with Gasteiger partial charge in [0.05, 0.1) is 23.8 Å². The Morgan fingerprint density at radius 1 is 1.04 bits per heavy atom. The molecule has 0 atom stereocenters. The molecule has 0 N–H and O–H groups in total. The molecule has 3 rings (SSSR count). The largest absolute Gasteiger partial charge is 0.490 e. The van der Waals surface area contributed by atoms with E-state index in [1.54, 1.807) is 30.3 Å². The van der Waals surface area contributed by atoms with Crippen LogP contribution in [0.5, 0.6) is 23.0 Å². The fraction of sp³-hybridized carbons (Fsp3) is 0.350. The van der Waals surface area contributed by atoms with Gasteiger partial charge in [-0.15, -0.1) is 0 Å². The number of fused-ring (bicyclic) bond motifs is 1. The number of halogens is 1. The van der Waals surface area contributed by atoms with Gasteiger partial charge in [-0.1, -0.05) is 11.6 Å². The van der Waals surface area contributed by atoms with Gasteiger partial charge in [-0.25, -0.2) is 4.79 Å². The Kier molecular flexibility index (Phi) is 6.29. The summed E-state index contributed by atoms with van der Waals surface area (Å²) in [6, 6.07) is 8.43. The molecule has 0 bridgehead atoms. The Morgan fingerprint density at radius 3 is 2.56 bits per heavy atom. The van der Waals surface area contributed by atoms with Crippen LogP contribution < -0.4 is 18.9 Å². The maximum absolute atomic E-state index is 12.4. The summed E-state index contributed by atoms with van der Waals surface area (Å²) in [7, 11) is 0. The summed E-state index contributed by atoms with van der Waals surface area (Å²) in [5.41, 5.74) is 1.10. The summed E-state index contributed by atoms with van der Waals surface area (Å²) in [5, 5.41) is 0.429. The van der Waals surface area contributed by atoms with E-state index < -0.39 is 5.97 Å². The highest BCUT2D eigenvalue weighted by Crippen LogP contribution is 2.38. The molecular formula is C20H21ClO6. The molecule has 6 nitrogen and oxygen atoms in total. The van der Waals surface area contributed by atoms with Gasteiger partial charge in [-0.05, 0) is 49.7 Å². The third-order valence-electron chi connectivity index (χ3n) is 3.81. The lowest BCUT2D eigenvalue weighted by Crippen LogP contribution is -2.16. The lowest BCUT2D eigenvalue weighted by molar-refractivity contribution is 0.0471. The van der Waals surface area contributed by atoms with Gasteiger partial charge in [0.1, 0.15) is 19.8 Å². The molecule has 0 radical (unpaired) electrons. The summed E-state index contributed by atoms with van der Waals surface area (Å²) >= 11 is 6.21. The average Bonchev–Trinajstić information content (AvgIpc) is 2.68. The molecule has 1 heterocycles. The van der Waals surface area contributed by atoms with Crippen LogP contribution in [0.4, 0.5) is 0 Å². The molecule has 144 valence electrons. The quantitative estimate of drug-likeness (QED) is 0.656. The summed E-state index contributed by atoms with van der Waals surface area (Å²) in [6.07, 6.45) is 0. The van der Waals surface area contributed by atoms with Gasteiger partial charge < -0.3 is 23.7 Å². The van der Waals surface area contributed by atoms with Crippen LogP contribution in [0.15, 0.2) is 30.3 Å². The molecule has 0 fully saturated rings. The highest BCUT2D eigenvalue weighted by atomic mass is 35.5. The Morgan fingerprint density at radius 2 is 1.78 bits per heavy atom.